The largest absolute Gasteiger partial charge is 0.483 e. The van der Waals surface area contributed by atoms with Crippen molar-refractivity contribution in [3.8, 4) is 16.9 Å². The number of alkyl halides is 3. The normalized spacial score (nSPS) is 13.1. The topological polar surface area (TPSA) is 105 Å². The number of hydrazine groups is 1. The SMILES string of the molecule is Cn1ccnc1C(O)(CC(=O)NNC(=O)COc1ccccc1-c1ccccc1)C(F)(F)F. The molecule has 0 aliphatic heterocycles. The molecule has 1 heterocycles. The van der Waals surface area contributed by atoms with Crippen LogP contribution in [0.3, 0.4) is 0 Å². The van der Waals surface area contributed by atoms with E-state index in [2.05, 4.69) is 4.98 Å². The van der Waals surface area contributed by atoms with Crippen molar-refractivity contribution in [1.82, 2.24) is 20.4 Å². The molecule has 1 atom stereocenters. The molecule has 3 rings (SSSR count). The van der Waals surface area contributed by atoms with Gasteiger partial charge in [-0.1, -0.05) is 48.5 Å². The van der Waals surface area contributed by atoms with Crippen molar-refractivity contribution < 1.29 is 32.6 Å². The third kappa shape index (κ3) is 5.50. The molecule has 2 aromatic carbocycles. The molecule has 0 bridgehead atoms. The van der Waals surface area contributed by atoms with Crippen LogP contribution in [0, 0.1) is 0 Å². The summed E-state index contributed by atoms with van der Waals surface area (Å²) in [7, 11) is 1.25. The smallest absolute Gasteiger partial charge is 0.425 e. The molecule has 0 spiro atoms. The fourth-order valence-corrected chi connectivity index (χ4v) is 3.11. The number of aliphatic hydroxyl groups is 1. The van der Waals surface area contributed by atoms with Crippen LogP contribution in [0.4, 0.5) is 13.2 Å². The summed E-state index contributed by atoms with van der Waals surface area (Å²) in [6, 6.07) is 16.3. The number of nitrogens with one attached hydrogen (secondary N) is 2. The fourth-order valence-electron chi connectivity index (χ4n) is 3.11. The molecule has 0 fully saturated rings. The second-order valence-electron chi connectivity index (χ2n) is 7.14. The third-order valence-electron chi connectivity index (χ3n) is 4.75. The van der Waals surface area contributed by atoms with Crippen molar-refractivity contribution in [1.29, 1.82) is 0 Å². The van der Waals surface area contributed by atoms with E-state index >= 15 is 0 Å². The zero-order valence-electron chi connectivity index (χ0n) is 17.5. The van der Waals surface area contributed by atoms with Crippen LogP contribution in [0.25, 0.3) is 11.1 Å². The number of imidazole rings is 1. The summed E-state index contributed by atoms with van der Waals surface area (Å²) in [5.41, 5.74) is 1.90. The molecule has 3 N–H and O–H groups in total. The van der Waals surface area contributed by atoms with Crippen LogP contribution >= 0.6 is 0 Å². The number of para-hydroxylation sites is 1. The first kappa shape index (κ1) is 23.8. The minimum Gasteiger partial charge on any atom is -0.483 e. The number of hydrogen-bond donors (Lipinski definition) is 3. The van der Waals surface area contributed by atoms with E-state index in [-0.39, 0.29) is 0 Å². The minimum atomic E-state index is -5.18. The highest BCUT2D eigenvalue weighted by molar-refractivity contribution is 5.83. The highest BCUT2D eigenvalue weighted by Gasteiger charge is 2.58. The first-order valence-corrected chi connectivity index (χ1v) is 9.73. The Morgan fingerprint density at radius 2 is 1.67 bits per heavy atom. The first-order valence-electron chi connectivity index (χ1n) is 9.73. The van der Waals surface area contributed by atoms with Gasteiger partial charge in [-0.25, -0.2) is 4.98 Å². The van der Waals surface area contributed by atoms with Gasteiger partial charge in [0.25, 0.3) is 5.91 Å². The molecule has 0 saturated carbocycles. The van der Waals surface area contributed by atoms with Crippen molar-refractivity contribution in [3.63, 3.8) is 0 Å². The van der Waals surface area contributed by atoms with Gasteiger partial charge in [-0.05, 0) is 11.6 Å². The molecule has 1 aromatic heterocycles. The van der Waals surface area contributed by atoms with E-state index in [1.54, 1.807) is 24.3 Å². The lowest BCUT2D eigenvalue weighted by atomic mass is 9.97. The van der Waals surface area contributed by atoms with Crippen LogP contribution in [0.5, 0.6) is 5.75 Å². The lowest BCUT2D eigenvalue weighted by molar-refractivity contribution is -0.271. The van der Waals surface area contributed by atoms with E-state index < -0.39 is 42.4 Å². The standard InChI is InChI=1S/C22H21F3N4O4/c1-29-12-11-26-20(29)21(32,22(23,24)25)13-18(30)27-28-19(31)14-33-17-10-6-5-9-16(17)15-7-3-2-4-8-15/h2-12,32H,13-14H2,1H3,(H,27,30)(H,28,31). The van der Waals surface area contributed by atoms with Crippen LogP contribution in [0.1, 0.15) is 12.2 Å². The molecule has 0 aliphatic rings. The number of aryl methyl sites for hydroxylation is 1. The first-order chi connectivity index (χ1) is 15.6. The summed E-state index contributed by atoms with van der Waals surface area (Å²) in [4.78, 5) is 27.6. The van der Waals surface area contributed by atoms with Crippen molar-refractivity contribution in [3.05, 3.63) is 72.8 Å². The number of halogens is 3. The van der Waals surface area contributed by atoms with Gasteiger partial charge in [0.15, 0.2) is 12.4 Å². The second-order valence-corrected chi connectivity index (χ2v) is 7.14. The van der Waals surface area contributed by atoms with Crippen LogP contribution in [0.2, 0.25) is 0 Å². The minimum absolute atomic E-state index is 0.409. The van der Waals surface area contributed by atoms with Crippen molar-refractivity contribution in [2.24, 2.45) is 7.05 Å². The molecule has 1 unspecified atom stereocenters. The molecule has 33 heavy (non-hydrogen) atoms. The Hall–Kier alpha value is -3.86. The Kier molecular flexibility index (Phi) is 7.02. The Morgan fingerprint density at radius 3 is 2.30 bits per heavy atom. The maximum atomic E-state index is 13.5. The molecular formula is C22H21F3N4O4. The Morgan fingerprint density at radius 1 is 1.03 bits per heavy atom. The average Bonchev–Trinajstić information content (AvgIpc) is 3.22. The zero-order chi connectivity index (χ0) is 24.1. The van der Waals surface area contributed by atoms with E-state index in [9.17, 15) is 27.9 Å². The van der Waals surface area contributed by atoms with Crippen LogP contribution in [-0.2, 0) is 22.2 Å². The van der Waals surface area contributed by atoms with E-state index in [1.165, 1.54) is 13.2 Å². The summed E-state index contributed by atoms with van der Waals surface area (Å²) < 4.78 is 47.0. The van der Waals surface area contributed by atoms with Crippen molar-refractivity contribution in [2.75, 3.05) is 6.61 Å². The van der Waals surface area contributed by atoms with Gasteiger partial charge in [0.1, 0.15) is 5.75 Å². The van der Waals surface area contributed by atoms with Gasteiger partial charge in [-0.2, -0.15) is 13.2 Å². The highest BCUT2D eigenvalue weighted by atomic mass is 19.4. The number of benzene rings is 2. The maximum absolute atomic E-state index is 13.5. The number of ether oxygens (including phenoxy) is 1. The Balaban J connectivity index is 1.58. The summed E-state index contributed by atoms with van der Waals surface area (Å²) >= 11 is 0. The van der Waals surface area contributed by atoms with Crippen molar-refractivity contribution >= 4 is 11.8 Å². The number of carbonyl (C=O) groups excluding carboxylic acids is 2. The number of carbonyl (C=O) groups is 2. The quantitative estimate of drug-likeness (QED) is 0.468. The van der Waals surface area contributed by atoms with E-state index in [1.807, 2.05) is 41.2 Å². The summed E-state index contributed by atoms with van der Waals surface area (Å²) in [6.07, 6.45) is -4.32. The number of aromatic nitrogens is 2. The lowest BCUT2D eigenvalue weighted by Crippen LogP contribution is -2.51. The molecule has 11 heteroatoms. The average molecular weight is 462 g/mol. The number of hydrogen-bond acceptors (Lipinski definition) is 5. The molecule has 3 aromatic rings. The number of nitrogens with zero attached hydrogens (tertiary/aromatic N) is 2. The van der Waals surface area contributed by atoms with Gasteiger partial charge in [0.2, 0.25) is 11.5 Å². The second kappa shape index (κ2) is 9.74. The van der Waals surface area contributed by atoms with Crippen molar-refractivity contribution in [2.45, 2.75) is 18.2 Å². The summed E-state index contributed by atoms with van der Waals surface area (Å²) in [6.45, 7) is -0.507. The van der Waals surface area contributed by atoms with E-state index in [0.717, 1.165) is 21.9 Å². The maximum Gasteiger partial charge on any atom is 0.425 e. The lowest BCUT2D eigenvalue weighted by Gasteiger charge is -2.29. The zero-order valence-corrected chi connectivity index (χ0v) is 17.5. The number of rotatable bonds is 7. The monoisotopic (exact) mass is 462 g/mol. The molecule has 2 amide bonds. The van der Waals surface area contributed by atoms with Crippen LogP contribution in [-0.4, -0.2) is 39.3 Å². The Bertz CT molecular complexity index is 1120. The van der Waals surface area contributed by atoms with Crippen LogP contribution in [0.15, 0.2) is 67.0 Å². The van der Waals surface area contributed by atoms with E-state index in [4.69, 9.17) is 4.74 Å². The van der Waals surface area contributed by atoms with Gasteiger partial charge in [0, 0.05) is 25.0 Å². The van der Waals surface area contributed by atoms with Gasteiger partial charge in [0.05, 0.1) is 6.42 Å². The molecule has 0 saturated heterocycles. The molecule has 174 valence electrons. The van der Waals surface area contributed by atoms with Gasteiger partial charge in [-0.15, -0.1) is 0 Å². The summed E-state index contributed by atoms with van der Waals surface area (Å²) in [5.74, 6) is -2.42. The van der Waals surface area contributed by atoms with Gasteiger partial charge >= 0.3 is 6.18 Å². The van der Waals surface area contributed by atoms with E-state index in [0.29, 0.717) is 5.75 Å². The molecule has 0 aliphatic carbocycles. The molecule has 0 radical (unpaired) electrons. The predicted molar refractivity (Wildman–Crippen MR) is 111 cm³/mol. The summed E-state index contributed by atoms with van der Waals surface area (Å²) in [5, 5.41) is 10.2. The highest BCUT2D eigenvalue weighted by Crippen LogP contribution is 2.40. The number of amides is 2. The van der Waals surface area contributed by atoms with Gasteiger partial charge in [-0.3, -0.25) is 20.4 Å². The third-order valence-corrected chi connectivity index (χ3v) is 4.75. The van der Waals surface area contributed by atoms with Crippen LogP contribution < -0.4 is 15.6 Å². The molecular weight excluding hydrogens is 441 g/mol. The Labute approximate surface area is 187 Å². The fraction of sp³-hybridized carbons (Fsp3) is 0.227. The predicted octanol–water partition coefficient (Wildman–Crippen LogP) is 2.45. The van der Waals surface area contributed by atoms with Gasteiger partial charge < -0.3 is 14.4 Å². The molecule has 8 nitrogen and oxygen atoms in total.